The Labute approximate surface area is 352 Å². The first-order chi connectivity index (χ1) is 29.2. The summed E-state index contributed by atoms with van der Waals surface area (Å²) in [5, 5.41) is 17.1. The highest BCUT2D eigenvalue weighted by atomic mass is 16.3. The highest BCUT2D eigenvalue weighted by Gasteiger charge is 2.51. The summed E-state index contributed by atoms with van der Waals surface area (Å²) in [7, 11) is 1.93. The van der Waals surface area contributed by atoms with E-state index < -0.39 is 18.2 Å². The SMILES string of the molecule is C=CCN1CC(=O)N2[C@@H](Cc3ccc(O)cc3)C(=O)N(Cc3cccc4c(C(=O)N5CCN(CCN6CCCCC6)CC5)cn(C)c34)C[C@@H]2N1C(=O)NCc1ccccc1. The van der Waals surface area contributed by atoms with Gasteiger partial charge in [0.25, 0.3) is 5.91 Å². The van der Waals surface area contributed by atoms with Gasteiger partial charge in [-0.05, 0) is 54.8 Å². The van der Waals surface area contributed by atoms with Gasteiger partial charge in [-0.15, -0.1) is 6.58 Å². The molecule has 1 aromatic heterocycles. The maximum Gasteiger partial charge on any atom is 0.334 e. The lowest BCUT2D eigenvalue weighted by Gasteiger charge is -2.55. The van der Waals surface area contributed by atoms with Crippen LogP contribution in [-0.4, -0.2) is 152 Å². The molecule has 4 aromatic rings. The minimum Gasteiger partial charge on any atom is -0.508 e. The van der Waals surface area contributed by atoms with Crippen LogP contribution < -0.4 is 5.32 Å². The third kappa shape index (κ3) is 8.77. The van der Waals surface area contributed by atoms with Crippen LogP contribution in [0.1, 0.15) is 46.3 Å². The molecule has 5 heterocycles. The van der Waals surface area contributed by atoms with Crippen LogP contribution in [-0.2, 0) is 36.1 Å². The Hall–Kier alpha value is -5.70. The number of hydrogen-bond acceptors (Lipinski definition) is 8. The Kier molecular flexibility index (Phi) is 12.5. The van der Waals surface area contributed by atoms with Gasteiger partial charge >= 0.3 is 6.03 Å². The first-order valence-electron chi connectivity index (χ1n) is 21.3. The van der Waals surface area contributed by atoms with Crippen molar-refractivity contribution in [3.05, 3.63) is 114 Å². The van der Waals surface area contributed by atoms with E-state index in [0.29, 0.717) is 18.7 Å². The van der Waals surface area contributed by atoms with E-state index in [2.05, 4.69) is 21.7 Å². The van der Waals surface area contributed by atoms with Crippen LogP contribution in [0.15, 0.2) is 91.6 Å². The predicted molar refractivity (Wildman–Crippen MR) is 229 cm³/mol. The molecule has 14 nitrogen and oxygen atoms in total. The number of carbonyl (C=O) groups is 4. The normalized spacial score (nSPS) is 20.8. The molecule has 8 rings (SSSR count). The molecule has 0 radical (unpaired) electrons. The molecule has 0 spiro atoms. The molecule has 14 heteroatoms. The summed E-state index contributed by atoms with van der Waals surface area (Å²) in [4.78, 5) is 67.5. The largest absolute Gasteiger partial charge is 0.508 e. The standard InChI is InChI=1S/C46H57N9O5/c1-3-19-53-33-42(57)54-40(28-34-15-17-37(56)18-16-34)45(59)52(32-41(54)55(53)46(60)47-29-35-11-6-4-7-12-35)30-36-13-10-14-38-39(31-48(2)43(36)38)44(58)51-26-24-50(25-27-51)23-22-49-20-8-5-9-21-49/h3-4,6-7,10-18,31,40-41,56H,1,5,8-9,19-30,32-33H2,2H3,(H,47,60)/t40-,41-/m0/s1. The van der Waals surface area contributed by atoms with Crippen LogP contribution in [0.3, 0.4) is 0 Å². The van der Waals surface area contributed by atoms with Crippen LogP contribution in [0.5, 0.6) is 5.75 Å². The van der Waals surface area contributed by atoms with Crippen LogP contribution in [0, 0.1) is 0 Å². The Morgan fingerprint density at radius 2 is 1.57 bits per heavy atom. The second-order valence-corrected chi connectivity index (χ2v) is 16.5. The van der Waals surface area contributed by atoms with Crippen LogP contribution in [0.2, 0.25) is 0 Å². The van der Waals surface area contributed by atoms with Crippen molar-refractivity contribution in [3.8, 4) is 5.75 Å². The number of hydrazine groups is 1. The van der Waals surface area contributed by atoms with E-state index >= 15 is 0 Å². The summed E-state index contributed by atoms with van der Waals surface area (Å²) in [6, 6.07) is 20.8. The lowest BCUT2D eigenvalue weighted by atomic mass is 9.98. The number of nitrogens with zero attached hydrogens (tertiary/aromatic N) is 8. The van der Waals surface area contributed by atoms with E-state index in [1.807, 2.05) is 71.2 Å². The molecule has 4 fully saturated rings. The quantitative estimate of drug-likeness (QED) is 0.207. The number of likely N-dealkylation sites (tertiary alicyclic amines) is 1. The minimum atomic E-state index is -0.917. The molecule has 4 aliphatic rings. The molecule has 316 valence electrons. The molecular formula is C46H57N9O5. The van der Waals surface area contributed by atoms with Crippen molar-refractivity contribution in [1.82, 2.24) is 44.4 Å². The first-order valence-corrected chi connectivity index (χ1v) is 21.3. The summed E-state index contributed by atoms with van der Waals surface area (Å²) in [6.07, 6.45) is 6.84. The van der Waals surface area contributed by atoms with Crippen molar-refractivity contribution < 1.29 is 24.3 Å². The van der Waals surface area contributed by atoms with Crippen molar-refractivity contribution in [3.63, 3.8) is 0 Å². The van der Waals surface area contributed by atoms with E-state index in [0.717, 1.165) is 53.8 Å². The topological polar surface area (TPSA) is 128 Å². The first kappa shape index (κ1) is 41.1. The number of urea groups is 1. The molecular weight excluding hydrogens is 759 g/mol. The van der Waals surface area contributed by atoms with Gasteiger partial charge in [-0.1, -0.05) is 73.2 Å². The van der Waals surface area contributed by atoms with Crippen molar-refractivity contribution in [1.29, 1.82) is 0 Å². The van der Waals surface area contributed by atoms with Gasteiger partial charge in [0.05, 0.1) is 24.2 Å². The zero-order valence-corrected chi connectivity index (χ0v) is 34.6. The summed E-state index contributed by atoms with van der Waals surface area (Å²) >= 11 is 0. The number of nitrogens with one attached hydrogen (secondary N) is 1. The summed E-state index contributed by atoms with van der Waals surface area (Å²) in [6.45, 7) is 12.1. The average Bonchev–Trinajstić information content (AvgIpc) is 3.61. The van der Waals surface area contributed by atoms with Crippen LogP contribution in [0.4, 0.5) is 4.79 Å². The number of aryl methyl sites for hydroxylation is 1. The number of benzene rings is 3. The van der Waals surface area contributed by atoms with Gasteiger partial charge in [-0.2, -0.15) is 0 Å². The smallest absolute Gasteiger partial charge is 0.334 e. The van der Waals surface area contributed by atoms with E-state index in [4.69, 9.17) is 0 Å². The number of phenols is 1. The lowest BCUT2D eigenvalue weighted by molar-refractivity contribution is -0.189. The van der Waals surface area contributed by atoms with Gasteiger partial charge in [0.1, 0.15) is 18.0 Å². The molecule has 0 unspecified atom stereocenters. The van der Waals surface area contributed by atoms with Crippen molar-refractivity contribution in [2.75, 3.05) is 72.0 Å². The number of piperazine rings is 2. The fourth-order valence-electron chi connectivity index (χ4n) is 9.42. The number of aromatic hydroxyl groups is 1. The van der Waals surface area contributed by atoms with Crippen molar-refractivity contribution in [2.24, 2.45) is 7.05 Å². The predicted octanol–water partition coefficient (Wildman–Crippen LogP) is 3.86. The third-order valence-electron chi connectivity index (χ3n) is 12.5. The highest BCUT2D eigenvalue weighted by Crippen LogP contribution is 2.32. The Morgan fingerprint density at radius 3 is 2.28 bits per heavy atom. The number of amides is 5. The second kappa shape index (κ2) is 18.3. The van der Waals surface area contributed by atoms with E-state index in [1.165, 1.54) is 32.4 Å². The van der Waals surface area contributed by atoms with Crippen molar-refractivity contribution in [2.45, 2.75) is 51.0 Å². The number of piperidine rings is 1. The zero-order valence-electron chi connectivity index (χ0n) is 34.6. The van der Waals surface area contributed by atoms with Gasteiger partial charge in [0, 0.05) is 84.0 Å². The molecule has 3 aromatic carbocycles. The number of aromatic nitrogens is 1. The number of para-hydroxylation sites is 1. The summed E-state index contributed by atoms with van der Waals surface area (Å²) in [5.74, 6) is -0.397. The summed E-state index contributed by atoms with van der Waals surface area (Å²) < 4.78 is 1.97. The van der Waals surface area contributed by atoms with Gasteiger partial charge in [-0.25, -0.2) is 14.8 Å². The molecule has 2 atom stereocenters. The van der Waals surface area contributed by atoms with E-state index in [9.17, 15) is 24.3 Å². The Morgan fingerprint density at radius 1 is 0.850 bits per heavy atom. The zero-order chi connectivity index (χ0) is 41.8. The molecule has 60 heavy (non-hydrogen) atoms. The lowest BCUT2D eigenvalue weighted by Crippen LogP contribution is -2.76. The molecule has 0 aliphatic carbocycles. The fraction of sp³-hybridized carbons (Fsp3) is 0.435. The molecule has 4 saturated heterocycles. The van der Waals surface area contributed by atoms with Gasteiger partial charge in [-0.3, -0.25) is 19.3 Å². The average molecular weight is 816 g/mol. The second-order valence-electron chi connectivity index (χ2n) is 16.5. The maximum absolute atomic E-state index is 14.8. The Balaban J connectivity index is 1.05. The van der Waals surface area contributed by atoms with E-state index in [1.54, 1.807) is 50.2 Å². The number of carbonyl (C=O) groups excluding carboxylic acids is 4. The minimum absolute atomic E-state index is 0.00673. The molecule has 5 amide bonds. The number of phenolic OH excluding ortho intramolecular Hbond substituents is 1. The third-order valence-corrected chi connectivity index (χ3v) is 12.5. The molecule has 2 N–H and O–H groups in total. The molecule has 4 aliphatic heterocycles. The number of rotatable bonds is 12. The number of hydrogen-bond donors (Lipinski definition) is 2. The summed E-state index contributed by atoms with van der Waals surface area (Å²) in [5.41, 5.74) is 4.04. The number of fused-ring (bicyclic) bond motifs is 2. The Bertz CT molecular complexity index is 2180. The monoisotopic (exact) mass is 815 g/mol. The maximum atomic E-state index is 14.8. The molecule has 0 saturated carbocycles. The highest BCUT2D eigenvalue weighted by molar-refractivity contribution is 6.07. The molecule has 0 bridgehead atoms. The van der Waals surface area contributed by atoms with Crippen molar-refractivity contribution >= 4 is 34.7 Å². The van der Waals surface area contributed by atoms with Crippen LogP contribution in [0.25, 0.3) is 10.9 Å². The van der Waals surface area contributed by atoms with Gasteiger partial charge < -0.3 is 34.6 Å². The van der Waals surface area contributed by atoms with Gasteiger partial charge in [0.15, 0.2) is 0 Å². The van der Waals surface area contributed by atoms with E-state index in [-0.39, 0.29) is 62.6 Å². The van der Waals surface area contributed by atoms with Gasteiger partial charge in [0.2, 0.25) is 11.8 Å². The fourth-order valence-corrected chi connectivity index (χ4v) is 9.42. The van der Waals surface area contributed by atoms with Crippen LogP contribution >= 0.6 is 0 Å².